The average Bonchev–Trinajstić information content (AvgIpc) is 2.75. The van der Waals surface area contributed by atoms with Crippen molar-refractivity contribution in [3.63, 3.8) is 0 Å². The van der Waals surface area contributed by atoms with Gasteiger partial charge in [0.25, 0.3) is 0 Å². The average molecular weight is 268 g/mol. The minimum Gasteiger partial charge on any atom is -0.469 e. The number of piperidine rings is 1. The molecule has 0 radical (unpaired) electrons. The van der Waals surface area contributed by atoms with E-state index in [9.17, 15) is 9.59 Å². The number of nitrogens with zero attached hydrogens (tertiary/aromatic N) is 1. The number of nitrogens with one attached hydrogen (secondary N) is 1. The molecule has 1 unspecified atom stereocenters. The number of ether oxygens (including phenoxy) is 1. The molecule has 108 valence electrons. The summed E-state index contributed by atoms with van der Waals surface area (Å²) in [5.41, 5.74) is 0. The lowest BCUT2D eigenvalue weighted by atomic mass is 9.96. The van der Waals surface area contributed by atoms with E-state index in [2.05, 4.69) is 5.32 Å². The molecular weight excluding hydrogens is 244 g/mol. The van der Waals surface area contributed by atoms with Gasteiger partial charge >= 0.3 is 5.97 Å². The van der Waals surface area contributed by atoms with E-state index in [-0.39, 0.29) is 23.8 Å². The Morgan fingerprint density at radius 1 is 1.11 bits per heavy atom. The van der Waals surface area contributed by atoms with Gasteiger partial charge in [-0.3, -0.25) is 9.59 Å². The number of hydrogen-bond donors (Lipinski definition) is 1. The maximum atomic E-state index is 12.4. The van der Waals surface area contributed by atoms with Gasteiger partial charge in [0.2, 0.25) is 5.91 Å². The van der Waals surface area contributed by atoms with Crippen molar-refractivity contribution in [1.82, 2.24) is 10.2 Å². The third-order valence-electron chi connectivity index (χ3n) is 4.20. The van der Waals surface area contributed by atoms with E-state index in [0.29, 0.717) is 13.1 Å². The fraction of sp³-hybridized carbons (Fsp3) is 0.857. The van der Waals surface area contributed by atoms with E-state index < -0.39 is 0 Å². The molecule has 0 saturated carbocycles. The van der Waals surface area contributed by atoms with Crippen LogP contribution in [0.25, 0.3) is 0 Å². The first-order valence-electron chi connectivity index (χ1n) is 7.32. The number of methoxy groups -OCH3 is 1. The van der Waals surface area contributed by atoms with Crippen molar-refractivity contribution in [2.75, 3.05) is 26.7 Å². The lowest BCUT2D eigenvalue weighted by Gasteiger charge is -2.33. The fourth-order valence-corrected chi connectivity index (χ4v) is 2.96. The van der Waals surface area contributed by atoms with E-state index in [4.69, 9.17) is 4.74 Å². The molecule has 1 amide bonds. The predicted molar refractivity (Wildman–Crippen MR) is 71.6 cm³/mol. The van der Waals surface area contributed by atoms with Gasteiger partial charge in [0, 0.05) is 13.1 Å². The first kappa shape index (κ1) is 14.3. The second-order valence-electron chi connectivity index (χ2n) is 5.48. The molecule has 0 aromatic carbocycles. The van der Waals surface area contributed by atoms with Crippen LogP contribution in [0.2, 0.25) is 0 Å². The minimum absolute atomic E-state index is 0.0165. The van der Waals surface area contributed by atoms with Crippen LogP contribution in [-0.4, -0.2) is 49.6 Å². The van der Waals surface area contributed by atoms with Gasteiger partial charge in [-0.15, -0.1) is 0 Å². The summed E-state index contributed by atoms with van der Waals surface area (Å²) < 4.78 is 4.76. The van der Waals surface area contributed by atoms with Crippen LogP contribution in [0.3, 0.4) is 0 Å². The Labute approximate surface area is 114 Å². The number of esters is 1. The number of carbonyl (C=O) groups excluding carboxylic acids is 2. The topological polar surface area (TPSA) is 58.6 Å². The SMILES string of the molecule is COC(=O)C1CCN(C(=O)C2CCCCCN2)CC1. The van der Waals surface area contributed by atoms with Crippen LogP contribution < -0.4 is 5.32 Å². The highest BCUT2D eigenvalue weighted by Gasteiger charge is 2.31. The smallest absolute Gasteiger partial charge is 0.308 e. The molecule has 5 heteroatoms. The van der Waals surface area contributed by atoms with Crippen molar-refractivity contribution in [3.8, 4) is 0 Å². The van der Waals surface area contributed by atoms with Crippen molar-refractivity contribution in [1.29, 1.82) is 0 Å². The maximum absolute atomic E-state index is 12.4. The summed E-state index contributed by atoms with van der Waals surface area (Å²) in [5, 5.41) is 3.34. The van der Waals surface area contributed by atoms with Crippen LogP contribution in [-0.2, 0) is 14.3 Å². The quantitative estimate of drug-likeness (QED) is 0.757. The molecule has 2 saturated heterocycles. The van der Waals surface area contributed by atoms with Crippen LogP contribution in [0, 0.1) is 5.92 Å². The zero-order valence-electron chi connectivity index (χ0n) is 11.7. The van der Waals surface area contributed by atoms with Crippen LogP contribution in [0.5, 0.6) is 0 Å². The summed E-state index contributed by atoms with van der Waals surface area (Å²) in [4.78, 5) is 25.8. The molecule has 2 aliphatic heterocycles. The molecule has 5 nitrogen and oxygen atoms in total. The third kappa shape index (κ3) is 3.69. The molecule has 2 fully saturated rings. The summed E-state index contributed by atoms with van der Waals surface area (Å²) in [6, 6.07) is -0.0165. The van der Waals surface area contributed by atoms with E-state index in [1.165, 1.54) is 13.5 Å². The summed E-state index contributed by atoms with van der Waals surface area (Å²) in [5.74, 6) is 0.0426. The Morgan fingerprint density at radius 3 is 2.53 bits per heavy atom. The summed E-state index contributed by atoms with van der Waals surface area (Å²) in [6.07, 6.45) is 5.89. The summed E-state index contributed by atoms with van der Waals surface area (Å²) in [7, 11) is 1.43. The Bertz CT molecular complexity index is 317. The van der Waals surface area contributed by atoms with Crippen LogP contribution in [0.15, 0.2) is 0 Å². The molecule has 1 N–H and O–H groups in total. The maximum Gasteiger partial charge on any atom is 0.308 e. The van der Waals surface area contributed by atoms with Gasteiger partial charge in [0.15, 0.2) is 0 Å². The van der Waals surface area contributed by atoms with Gasteiger partial charge < -0.3 is 15.0 Å². The zero-order valence-corrected chi connectivity index (χ0v) is 11.7. The van der Waals surface area contributed by atoms with Gasteiger partial charge in [-0.2, -0.15) is 0 Å². The Balaban J connectivity index is 1.83. The molecule has 2 heterocycles. The van der Waals surface area contributed by atoms with E-state index in [1.54, 1.807) is 0 Å². The lowest BCUT2D eigenvalue weighted by molar-refractivity contribution is -0.149. The first-order valence-corrected chi connectivity index (χ1v) is 7.32. The monoisotopic (exact) mass is 268 g/mol. The van der Waals surface area contributed by atoms with Crippen LogP contribution >= 0.6 is 0 Å². The molecule has 2 rings (SSSR count). The van der Waals surface area contributed by atoms with Crippen LogP contribution in [0.1, 0.15) is 38.5 Å². The Hall–Kier alpha value is -1.10. The highest BCUT2D eigenvalue weighted by atomic mass is 16.5. The summed E-state index contributed by atoms with van der Waals surface area (Å²) in [6.45, 7) is 2.29. The molecular formula is C14H24N2O3. The Kier molecular flexibility index (Phi) is 5.19. The van der Waals surface area contributed by atoms with Crippen molar-refractivity contribution < 1.29 is 14.3 Å². The number of carbonyl (C=O) groups is 2. The highest BCUT2D eigenvalue weighted by molar-refractivity contribution is 5.82. The molecule has 0 spiro atoms. The molecule has 2 aliphatic rings. The number of likely N-dealkylation sites (tertiary alicyclic amines) is 1. The second-order valence-corrected chi connectivity index (χ2v) is 5.48. The highest BCUT2D eigenvalue weighted by Crippen LogP contribution is 2.20. The largest absolute Gasteiger partial charge is 0.469 e. The van der Waals surface area contributed by atoms with Gasteiger partial charge in [0.1, 0.15) is 0 Å². The molecule has 0 aromatic heterocycles. The zero-order chi connectivity index (χ0) is 13.7. The van der Waals surface area contributed by atoms with Gasteiger partial charge in [-0.05, 0) is 32.2 Å². The van der Waals surface area contributed by atoms with Gasteiger partial charge in [0.05, 0.1) is 19.1 Å². The molecule has 0 aliphatic carbocycles. The van der Waals surface area contributed by atoms with Crippen molar-refractivity contribution in [3.05, 3.63) is 0 Å². The standard InChI is InChI=1S/C14H24N2O3/c1-19-14(18)11-6-9-16(10-7-11)13(17)12-5-3-2-4-8-15-12/h11-12,15H,2-10H2,1H3. The minimum atomic E-state index is -0.139. The second kappa shape index (κ2) is 6.89. The fourth-order valence-electron chi connectivity index (χ4n) is 2.96. The van der Waals surface area contributed by atoms with Crippen LogP contribution in [0.4, 0.5) is 0 Å². The van der Waals surface area contributed by atoms with E-state index >= 15 is 0 Å². The number of amides is 1. The third-order valence-corrected chi connectivity index (χ3v) is 4.20. The van der Waals surface area contributed by atoms with E-state index in [1.807, 2.05) is 4.90 Å². The molecule has 19 heavy (non-hydrogen) atoms. The van der Waals surface area contributed by atoms with Gasteiger partial charge in [-0.25, -0.2) is 0 Å². The first-order chi connectivity index (χ1) is 9.22. The van der Waals surface area contributed by atoms with Crippen molar-refractivity contribution >= 4 is 11.9 Å². The van der Waals surface area contributed by atoms with Crippen molar-refractivity contribution in [2.45, 2.75) is 44.6 Å². The van der Waals surface area contributed by atoms with Gasteiger partial charge in [-0.1, -0.05) is 12.8 Å². The predicted octanol–water partition coefficient (Wildman–Crippen LogP) is 0.930. The Morgan fingerprint density at radius 2 is 1.84 bits per heavy atom. The molecule has 1 atom stereocenters. The molecule has 0 bridgehead atoms. The number of hydrogen-bond acceptors (Lipinski definition) is 4. The number of rotatable bonds is 2. The molecule has 0 aromatic rings. The lowest BCUT2D eigenvalue weighted by Crippen LogP contribution is -2.49. The normalized spacial score (nSPS) is 25.7. The summed E-state index contributed by atoms with van der Waals surface area (Å²) >= 11 is 0. The van der Waals surface area contributed by atoms with E-state index in [0.717, 1.165) is 38.6 Å². The van der Waals surface area contributed by atoms with Crippen molar-refractivity contribution in [2.24, 2.45) is 5.92 Å².